The molecule has 0 unspecified atom stereocenters. The molecule has 0 saturated heterocycles. The summed E-state index contributed by atoms with van der Waals surface area (Å²) in [5, 5.41) is 0.0558. The van der Waals surface area contributed by atoms with Crippen LogP contribution in [0.15, 0.2) is 50.9 Å². The summed E-state index contributed by atoms with van der Waals surface area (Å²) in [5.74, 6) is 0.227. The summed E-state index contributed by atoms with van der Waals surface area (Å²) in [5.41, 5.74) is 0.451. The fraction of sp³-hybridized carbons (Fsp3) is 0.125. The van der Waals surface area contributed by atoms with Gasteiger partial charge in [0, 0.05) is 0 Å². The summed E-state index contributed by atoms with van der Waals surface area (Å²) in [6.45, 7) is 3.56. The maximum absolute atomic E-state index is 12.5. The number of H-pyrrole nitrogens is 2. The first-order valence-corrected chi connectivity index (χ1v) is 8.45. The fourth-order valence-corrected chi connectivity index (χ4v) is 3.27. The first kappa shape index (κ1) is 16.0. The van der Waals surface area contributed by atoms with Crippen molar-refractivity contribution in [2.45, 2.75) is 18.7 Å². The number of hydrogen-bond acceptors (Lipinski definition) is 5. The summed E-state index contributed by atoms with van der Waals surface area (Å²) in [4.78, 5) is 27.4. The number of aryl methyl sites for hydroxylation is 2. The highest BCUT2D eigenvalue weighted by atomic mass is 32.2. The van der Waals surface area contributed by atoms with E-state index in [-0.39, 0.29) is 21.5 Å². The SMILES string of the molecule is Cc1ccc(C)c(OS(=O)(=O)c2ccc3[nH]c(=O)[nH]c(=O)c3c2)c1. The van der Waals surface area contributed by atoms with Crippen LogP contribution in [0.3, 0.4) is 0 Å². The van der Waals surface area contributed by atoms with E-state index >= 15 is 0 Å². The Bertz CT molecular complexity index is 1160. The molecular weight excluding hydrogens is 332 g/mol. The second-order valence-electron chi connectivity index (χ2n) is 5.42. The average Bonchev–Trinajstić information content (AvgIpc) is 2.50. The predicted molar refractivity (Wildman–Crippen MR) is 88.9 cm³/mol. The molecule has 1 aromatic heterocycles. The Morgan fingerprint density at radius 1 is 0.958 bits per heavy atom. The lowest BCUT2D eigenvalue weighted by Crippen LogP contribution is -2.22. The van der Waals surface area contributed by atoms with Crippen molar-refractivity contribution in [1.82, 2.24) is 9.97 Å². The van der Waals surface area contributed by atoms with Gasteiger partial charge in [0.1, 0.15) is 10.6 Å². The van der Waals surface area contributed by atoms with E-state index in [4.69, 9.17) is 4.18 Å². The molecule has 1 heterocycles. The zero-order valence-electron chi connectivity index (χ0n) is 12.9. The molecule has 0 fully saturated rings. The Balaban J connectivity index is 2.10. The van der Waals surface area contributed by atoms with Crippen LogP contribution in [0.1, 0.15) is 11.1 Å². The first-order chi connectivity index (χ1) is 11.3. The molecule has 0 saturated carbocycles. The highest BCUT2D eigenvalue weighted by Gasteiger charge is 2.19. The van der Waals surface area contributed by atoms with Crippen LogP contribution in [-0.4, -0.2) is 18.4 Å². The number of rotatable bonds is 3. The van der Waals surface area contributed by atoms with E-state index in [9.17, 15) is 18.0 Å². The van der Waals surface area contributed by atoms with Crippen LogP contribution in [-0.2, 0) is 10.1 Å². The molecule has 7 nitrogen and oxygen atoms in total. The lowest BCUT2D eigenvalue weighted by Gasteiger charge is -2.10. The highest BCUT2D eigenvalue weighted by Crippen LogP contribution is 2.24. The maximum Gasteiger partial charge on any atom is 0.339 e. The van der Waals surface area contributed by atoms with Crippen molar-refractivity contribution in [3.05, 3.63) is 68.4 Å². The molecule has 0 atom stereocenters. The van der Waals surface area contributed by atoms with Crippen LogP contribution in [0.25, 0.3) is 10.9 Å². The largest absolute Gasteiger partial charge is 0.379 e. The van der Waals surface area contributed by atoms with Gasteiger partial charge in [0.25, 0.3) is 5.56 Å². The number of nitrogens with one attached hydrogen (secondary N) is 2. The molecule has 0 spiro atoms. The quantitative estimate of drug-likeness (QED) is 0.700. The third-order valence-corrected chi connectivity index (χ3v) is 4.77. The van der Waals surface area contributed by atoms with Gasteiger partial charge < -0.3 is 9.17 Å². The van der Waals surface area contributed by atoms with Gasteiger partial charge in [-0.3, -0.25) is 9.78 Å². The average molecular weight is 346 g/mol. The molecule has 8 heteroatoms. The van der Waals surface area contributed by atoms with Gasteiger partial charge in [0.15, 0.2) is 0 Å². The van der Waals surface area contributed by atoms with Crippen LogP contribution in [0.2, 0.25) is 0 Å². The number of fused-ring (bicyclic) bond motifs is 1. The zero-order valence-corrected chi connectivity index (χ0v) is 13.7. The van der Waals surface area contributed by atoms with Crippen molar-refractivity contribution in [1.29, 1.82) is 0 Å². The van der Waals surface area contributed by atoms with E-state index in [1.54, 1.807) is 19.1 Å². The predicted octanol–water partition coefficient (Wildman–Crippen LogP) is 1.60. The van der Waals surface area contributed by atoms with Gasteiger partial charge in [-0.05, 0) is 49.2 Å². The standard InChI is InChI=1S/C16H14N2O5S/c1-9-3-4-10(2)14(7-9)23-24(21,22)11-5-6-13-12(8-11)15(19)18-16(20)17-13/h3-8H,1-2H3,(H2,17,18,19,20). The Labute approximate surface area is 137 Å². The van der Waals surface area contributed by atoms with Gasteiger partial charge >= 0.3 is 15.8 Å². The maximum atomic E-state index is 12.5. The van der Waals surface area contributed by atoms with Gasteiger partial charge in [-0.25, -0.2) is 4.79 Å². The van der Waals surface area contributed by atoms with E-state index < -0.39 is 21.4 Å². The van der Waals surface area contributed by atoms with Crippen molar-refractivity contribution in [3.63, 3.8) is 0 Å². The fourth-order valence-electron chi connectivity index (χ4n) is 2.26. The van der Waals surface area contributed by atoms with Crippen molar-refractivity contribution in [2.24, 2.45) is 0 Å². The molecule has 24 heavy (non-hydrogen) atoms. The van der Waals surface area contributed by atoms with Crippen LogP contribution in [0.4, 0.5) is 0 Å². The Morgan fingerprint density at radius 2 is 1.71 bits per heavy atom. The number of benzene rings is 2. The smallest absolute Gasteiger partial charge is 0.339 e. The molecule has 0 radical (unpaired) electrons. The number of aromatic amines is 2. The third kappa shape index (κ3) is 2.95. The number of hydrogen-bond donors (Lipinski definition) is 2. The molecule has 0 bridgehead atoms. The topological polar surface area (TPSA) is 109 Å². The molecule has 2 N–H and O–H groups in total. The van der Waals surface area contributed by atoms with Crippen LogP contribution >= 0.6 is 0 Å². The molecule has 2 aromatic carbocycles. The minimum atomic E-state index is -4.12. The Kier molecular flexibility index (Phi) is 3.76. The lowest BCUT2D eigenvalue weighted by atomic mass is 10.1. The summed E-state index contributed by atoms with van der Waals surface area (Å²) in [6, 6.07) is 9.03. The van der Waals surface area contributed by atoms with Gasteiger partial charge in [0.2, 0.25) is 0 Å². The van der Waals surface area contributed by atoms with Crippen molar-refractivity contribution in [3.8, 4) is 5.75 Å². The van der Waals surface area contributed by atoms with Gasteiger partial charge in [0.05, 0.1) is 10.9 Å². The number of aromatic nitrogens is 2. The molecule has 3 aromatic rings. The molecule has 124 valence electrons. The van der Waals surface area contributed by atoms with Gasteiger partial charge in [-0.2, -0.15) is 8.42 Å². The van der Waals surface area contributed by atoms with Gasteiger partial charge in [-0.15, -0.1) is 0 Å². The Hall–Kier alpha value is -2.87. The third-order valence-electron chi connectivity index (χ3n) is 3.54. The van der Waals surface area contributed by atoms with E-state index in [1.807, 2.05) is 13.0 Å². The Morgan fingerprint density at radius 3 is 2.46 bits per heavy atom. The normalized spacial score (nSPS) is 11.6. The summed E-state index contributed by atoms with van der Waals surface area (Å²) >= 11 is 0. The molecular formula is C16H14N2O5S. The summed E-state index contributed by atoms with van der Waals surface area (Å²) in [6.07, 6.45) is 0. The first-order valence-electron chi connectivity index (χ1n) is 7.04. The molecule has 0 amide bonds. The zero-order chi connectivity index (χ0) is 17.5. The van der Waals surface area contributed by atoms with E-state index in [2.05, 4.69) is 9.97 Å². The highest BCUT2D eigenvalue weighted by molar-refractivity contribution is 7.87. The minimum absolute atomic E-state index is 0.0558. The minimum Gasteiger partial charge on any atom is -0.379 e. The lowest BCUT2D eigenvalue weighted by molar-refractivity contribution is 0.484. The van der Waals surface area contributed by atoms with Crippen molar-refractivity contribution < 1.29 is 12.6 Å². The van der Waals surface area contributed by atoms with Crippen molar-refractivity contribution in [2.75, 3.05) is 0 Å². The molecule has 0 aliphatic rings. The van der Waals surface area contributed by atoms with E-state index in [0.29, 0.717) is 5.56 Å². The van der Waals surface area contributed by atoms with E-state index in [0.717, 1.165) is 5.56 Å². The van der Waals surface area contributed by atoms with Crippen LogP contribution < -0.4 is 15.4 Å². The van der Waals surface area contributed by atoms with Crippen molar-refractivity contribution >= 4 is 21.0 Å². The second-order valence-corrected chi connectivity index (χ2v) is 6.97. The molecule has 3 rings (SSSR count). The molecule has 0 aliphatic heterocycles. The summed E-state index contributed by atoms with van der Waals surface area (Å²) < 4.78 is 30.2. The van der Waals surface area contributed by atoms with Crippen LogP contribution in [0, 0.1) is 13.8 Å². The summed E-state index contributed by atoms with van der Waals surface area (Å²) in [7, 11) is -4.12. The second kappa shape index (κ2) is 5.64. The van der Waals surface area contributed by atoms with E-state index in [1.165, 1.54) is 18.2 Å². The molecule has 0 aliphatic carbocycles. The monoisotopic (exact) mass is 346 g/mol. The van der Waals surface area contributed by atoms with Crippen LogP contribution in [0.5, 0.6) is 5.75 Å². The van der Waals surface area contributed by atoms with Gasteiger partial charge in [-0.1, -0.05) is 12.1 Å².